The number of fused-ring (bicyclic) bond motifs is 5. The average Bonchev–Trinajstić information content (AvgIpc) is 3.28. The summed E-state index contributed by atoms with van der Waals surface area (Å²) < 4.78 is 6.79. The van der Waals surface area contributed by atoms with Gasteiger partial charge in [-0.15, -0.1) is 0 Å². The lowest BCUT2D eigenvalue weighted by Gasteiger charge is -2.31. The summed E-state index contributed by atoms with van der Waals surface area (Å²) in [5.41, 5.74) is 3.72. The van der Waals surface area contributed by atoms with Crippen molar-refractivity contribution < 1.29 is 14.6 Å². The van der Waals surface area contributed by atoms with Crippen molar-refractivity contribution in [3.05, 3.63) is 98.8 Å². The number of nitrogens with zero attached hydrogens (tertiary/aromatic N) is 3. The highest BCUT2D eigenvalue weighted by Gasteiger charge is 2.45. The van der Waals surface area contributed by atoms with E-state index in [2.05, 4.69) is 35.9 Å². The second-order valence-electron chi connectivity index (χ2n) is 9.97. The van der Waals surface area contributed by atoms with Crippen molar-refractivity contribution in [2.75, 3.05) is 13.6 Å². The molecular weight excluding hydrogens is 478 g/mol. The largest absolute Gasteiger partial charge is 0.458 e. The van der Waals surface area contributed by atoms with Crippen LogP contribution in [0.3, 0.4) is 0 Å². The van der Waals surface area contributed by atoms with Crippen molar-refractivity contribution in [1.29, 1.82) is 0 Å². The Morgan fingerprint density at radius 1 is 1.13 bits per heavy atom. The smallest absolute Gasteiger partial charge is 0.343 e. The third kappa shape index (κ3) is 3.99. The van der Waals surface area contributed by atoms with E-state index in [1.807, 2.05) is 42.5 Å². The number of aromatic nitrogens is 2. The molecule has 1 atom stereocenters. The number of carbonyl (C=O) groups is 1. The molecule has 2 aromatic heterocycles. The first-order valence-corrected chi connectivity index (χ1v) is 12.7. The molecule has 0 amide bonds. The zero-order valence-corrected chi connectivity index (χ0v) is 21.3. The summed E-state index contributed by atoms with van der Waals surface area (Å²) in [6.07, 6.45) is 0.117. The lowest BCUT2D eigenvalue weighted by molar-refractivity contribution is -0.172. The summed E-state index contributed by atoms with van der Waals surface area (Å²) in [5, 5.41) is 12.0. The first-order chi connectivity index (χ1) is 18.4. The van der Waals surface area contributed by atoms with E-state index in [1.54, 1.807) is 17.6 Å². The number of rotatable bonds is 4. The number of pyridine rings is 2. The van der Waals surface area contributed by atoms with Gasteiger partial charge in [0.15, 0.2) is 5.60 Å². The fourth-order valence-corrected chi connectivity index (χ4v) is 5.29. The summed E-state index contributed by atoms with van der Waals surface area (Å²) >= 11 is 0. The van der Waals surface area contributed by atoms with Crippen LogP contribution in [-0.2, 0) is 34.8 Å². The van der Waals surface area contributed by atoms with Crippen LogP contribution in [0.1, 0.15) is 41.2 Å². The Balaban J connectivity index is 1.30. The molecule has 38 heavy (non-hydrogen) atoms. The Morgan fingerprint density at radius 3 is 2.74 bits per heavy atom. The highest BCUT2D eigenvalue weighted by Crippen LogP contribution is 2.38. The van der Waals surface area contributed by atoms with Gasteiger partial charge < -0.3 is 14.4 Å². The van der Waals surface area contributed by atoms with Gasteiger partial charge in [-0.2, -0.15) is 0 Å². The fourth-order valence-electron chi connectivity index (χ4n) is 5.29. The maximum Gasteiger partial charge on any atom is 0.343 e. The molecule has 0 bridgehead atoms. The van der Waals surface area contributed by atoms with Crippen molar-refractivity contribution in [1.82, 2.24) is 14.5 Å². The third-order valence-corrected chi connectivity index (χ3v) is 7.38. The van der Waals surface area contributed by atoms with Crippen LogP contribution in [-0.4, -0.2) is 39.1 Å². The van der Waals surface area contributed by atoms with E-state index >= 15 is 0 Å². The van der Waals surface area contributed by atoms with Crippen LogP contribution >= 0.6 is 0 Å². The summed E-state index contributed by atoms with van der Waals surface area (Å²) in [5.74, 6) is 5.79. The van der Waals surface area contributed by atoms with E-state index in [1.165, 1.54) is 5.56 Å². The summed E-state index contributed by atoms with van der Waals surface area (Å²) in [7, 11) is 2.05. The van der Waals surface area contributed by atoms with E-state index < -0.39 is 11.6 Å². The molecule has 0 spiro atoms. The molecule has 0 aliphatic carbocycles. The molecule has 190 valence electrons. The first kappa shape index (κ1) is 24.1. The molecule has 2 aliphatic rings. The molecule has 2 aliphatic heterocycles. The van der Waals surface area contributed by atoms with Gasteiger partial charge in [0, 0.05) is 28.6 Å². The van der Waals surface area contributed by atoms with Crippen LogP contribution in [0.5, 0.6) is 0 Å². The highest BCUT2D eigenvalue weighted by atomic mass is 16.6. The number of ether oxygens (including phenoxy) is 1. The molecule has 2 aromatic carbocycles. The molecule has 4 aromatic rings. The van der Waals surface area contributed by atoms with Gasteiger partial charge >= 0.3 is 5.97 Å². The minimum absolute atomic E-state index is 0.117. The van der Waals surface area contributed by atoms with Gasteiger partial charge in [-0.25, -0.2) is 9.78 Å². The van der Waals surface area contributed by atoms with Gasteiger partial charge in [0.05, 0.1) is 35.6 Å². The van der Waals surface area contributed by atoms with E-state index in [0.29, 0.717) is 35.6 Å². The topological polar surface area (TPSA) is 84.7 Å². The molecule has 0 saturated carbocycles. The second kappa shape index (κ2) is 9.25. The Hall–Kier alpha value is -4.25. The van der Waals surface area contributed by atoms with Gasteiger partial charge in [-0.05, 0) is 49.4 Å². The van der Waals surface area contributed by atoms with Crippen molar-refractivity contribution >= 4 is 16.9 Å². The van der Waals surface area contributed by atoms with Gasteiger partial charge in [-0.3, -0.25) is 9.69 Å². The first-order valence-electron chi connectivity index (χ1n) is 12.7. The van der Waals surface area contributed by atoms with Crippen molar-refractivity contribution in [3.8, 4) is 23.2 Å². The normalized spacial score (nSPS) is 17.4. The van der Waals surface area contributed by atoms with E-state index in [4.69, 9.17) is 9.72 Å². The maximum atomic E-state index is 13.3. The number of benzene rings is 2. The Bertz CT molecular complexity index is 1710. The molecule has 7 nitrogen and oxygen atoms in total. The van der Waals surface area contributed by atoms with E-state index in [-0.39, 0.29) is 18.6 Å². The number of esters is 1. The summed E-state index contributed by atoms with van der Waals surface area (Å²) in [6, 6.07) is 20.0. The summed E-state index contributed by atoms with van der Waals surface area (Å²) in [6.45, 7) is 3.42. The number of aliphatic hydroxyl groups is 1. The maximum absolute atomic E-state index is 13.3. The quantitative estimate of drug-likeness (QED) is 0.297. The molecule has 0 fully saturated rings. The third-order valence-electron chi connectivity index (χ3n) is 7.38. The zero-order valence-electron chi connectivity index (χ0n) is 21.3. The van der Waals surface area contributed by atoms with Gasteiger partial charge in [0.25, 0.3) is 5.56 Å². The van der Waals surface area contributed by atoms with Crippen molar-refractivity contribution in [3.63, 3.8) is 0 Å². The molecule has 4 heterocycles. The Kier molecular flexibility index (Phi) is 5.87. The SMILES string of the molecule is CC[C@@]1(O)C(=O)OCc2c1cc1n(c2=O)Cc2cc3cc(C#CCN(C)Cc4ccccc4)ccc3nc2-1. The standard InChI is InChI=1S/C31H27N3O4/c1-3-31(37)25-16-27-28-23(18-34(27)29(35)24(25)19-38-30(31)36)15-22-14-20(11-12-26(22)32-28)10-7-13-33(2)17-21-8-5-4-6-9-21/h4-6,8-9,11-12,14-16,37H,3,13,17-19H2,1-2H3/t31-/m0/s1. The van der Waals surface area contributed by atoms with E-state index in [0.717, 1.165) is 28.6 Å². The van der Waals surface area contributed by atoms with Crippen molar-refractivity contribution in [2.45, 2.75) is 38.6 Å². The van der Waals surface area contributed by atoms with Crippen LogP contribution in [0, 0.1) is 11.8 Å². The molecular formula is C31H27N3O4. The zero-order chi connectivity index (χ0) is 26.4. The van der Waals surface area contributed by atoms with Crippen LogP contribution in [0.4, 0.5) is 0 Å². The molecule has 0 radical (unpaired) electrons. The minimum Gasteiger partial charge on any atom is -0.458 e. The van der Waals surface area contributed by atoms with E-state index in [9.17, 15) is 14.7 Å². The molecule has 0 unspecified atom stereocenters. The molecule has 6 rings (SSSR count). The minimum atomic E-state index is -1.83. The number of hydrogen-bond donors (Lipinski definition) is 1. The highest BCUT2D eigenvalue weighted by molar-refractivity contribution is 5.87. The van der Waals surface area contributed by atoms with Crippen LogP contribution in [0.25, 0.3) is 22.3 Å². The lowest BCUT2D eigenvalue weighted by Crippen LogP contribution is -2.44. The Labute approximate surface area is 220 Å². The number of hydrogen-bond acceptors (Lipinski definition) is 6. The number of carbonyl (C=O) groups excluding carboxylic acids is 1. The van der Waals surface area contributed by atoms with Crippen LogP contribution in [0.15, 0.2) is 65.5 Å². The lowest BCUT2D eigenvalue weighted by atomic mass is 9.86. The van der Waals surface area contributed by atoms with Gasteiger partial charge in [-0.1, -0.05) is 49.1 Å². The van der Waals surface area contributed by atoms with Crippen LogP contribution < -0.4 is 5.56 Å². The molecule has 1 N–H and O–H groups in total. The predicted molar refractivity (Wildman–Crippen MR) is 144 cm³/mol. The Morgan fingerprint density at radius 2 is 1.95 bits per heavy atom. The number of cyclic esters (lactones) is 1. The average molecular weight is 506 g/mol. The fraction of sp³-hybridized carbons (Fsp3) is 0.258. The van der Waals surface area contributed by atoms with Gasteiger partial charge in [0.2, 0.25) is 0 Å². The second-order valence-corrected chi connectivity index (χ2v) is 9.97. The van der Waals surface area contributed by atoms with Gasteiger partial charge in [0.1, 0.15) is 6.61 Å². The molecule has 7 heteroatoms. The monoisotopic (exact) mass is 505 g/mol. The predicted octanol–water partition coefficient (Wildman–Crippen LogP) is 3.56. The van der Waals surface area contributed by atoms with Crippen LogP contribution in [0.2, 0.25) is 0 Å². The molecule has 0 saturated heterocycles. The summed E-state index contributed by atoms with van der Waals surface area (Å²) in [4.78, 5) is 32.7. The van der Waals surface area contributed by atoms with Crippen molar-refractivity contribution in [2.24, 2.45) is 0 Å².